The molecule has 2 amide bonds. The number of morpholine rings is 2. The zero-order chi connectivity index (χ0) is 41.4. The van der Waals surface area contributed by atoms with E-state index < -0.39 is 22.8 Å². The highest BCUT2D eigenvalue weighted by molar-refractivity contribution is 6.32. The lowest BCUT2D eigenvalue weighted by Crippen LogP contribution is -2.41. The van der Waals surface area contributed by atoms with Crippen molar-refractivity contribution in [2.75, 3.05) is 72.2 Å². The number of hydrogen-bond donors (Lipinski definition) is 0. The molecule has 4 aliphatic rings. The maximum Gasteiger partial charge on any atom is 0.291 e. The van der Waals surface area contributed by atoms with E-state index in [2.05, 4.69) is 9.97 Å². The summed E-state index contributed by atoms with van der Waals surface area (Å²) in [5.74, 6) is -1.80. The normalized spacial score (nSPS) is 18.8. The summed E-state index contributed by atoms with van der Waals surface area (Å²) < 4.78 is 41.9. The molecular formula is C40H44Cl2F2N8O6. The first-order chi connectivity index (χ1) is 27.8. The van der Waals surface area contributed by atoms with Gasteiger partial charge in [0.2, 0.25) is 23.4 Å². The van der Waals surface area contributed by atoms with Crippen LogP contribution in [0.25, 0.3) is 0 Å². The Morgan fingerprint density at radius 2 is 1.03 bits per heavy atom. The van der Waals surface area contributed by atoms with Crippen LogP contribution < -0.4 is 30.7 Å². The van der Waals surface area contributed by atoms with Gasteiger partial charge >= 0.3 is 0 Å². The molecule has 2 aromatic heterocycles. The Balaban J connectivity index is 0.000000177. The second kappa shape index (κ2) is 17.1. The predicted molar refractivity (Wildman–Crippen MR) is 217 cm³/mol. The summed E-state index contributed by atoms with van der Waals surface area (Å²) in [5.41, 5.74) is 1.84. The van der Waals surface area contributed by atoms with Gasteiger partial charge in [0.25, 0.3) is 11.1 Å². The summed E-state index contributed by atoms with van der Waals surface area (Å²) in [6.07, 6.45) is 1.10. The van der Waals surface area contributed by atoms with Crippen molar-refractivity contribution in [2.24, 2.45) is 14.1 Å². The van der Waals surface area contributed by atoms with Gasteiger partial charge in [-0.15, -0.1) is 0 Å². The number of anilines is 4. The number of carbonyl (C=O) groups excluding carboxylic acids is 2. The summed E-state index contributed by atoms with van der Waals surface area (Å²) >= 11 is 12.6. The van der Waals surface area contributed by atoms with E-state index in [1.807, 2.05) is 38.1 Å². The van der Waals surface area contributed by atoms with Crippen LogP contribution >= 0.6 is 23.2 Å². The van der Waals surface area contributed by atoms with E-state index >= 15 is 0 Å². The molecule has 0 saturated carbocycles. The van der Waals surface area contributed by atoms with Crippen molar-refractivity contribution in [3.63, 3.8) is 0 Å². The number of nitrogens with zero attached hydrogens (tertiary/aromatic N) is 8. The Bertz CT molecular complexity index is 2200. The van der Waals surface area contributed by atoms with Gasteiger partial charge in [-0.1, -0.05) is 35.3 Å². The first kappa shape index (κ1) is 41.3. The molecule has 58 heavy (non-hydrogen) atoms. The monoisotopic (exact) mass is 840 g/mol. The van der Waals surface area contributed by atoms with E-state index in [9.17, 15) is 28.0 Å². The summed E-state index contributed by atoms with van der Waals surface area (Å²) in [6, 6.07) is 10.8. The molecule has 2 unspecified atom stereocenters. The van der Waals surface area contributed by atoms with Crippen LogP contribution in [-0.2, 0) is 58.8 Å². The molecule has 308 valence electrons. The summed E-state index contributed by atoms with van der Waals surface area (Å²) in [7, 11) is 2.87. The molecule has 2 atom stereocenters. The van der Waals surface area contributed by atoms with Crippen molar-refractivity contribution in [3.05, 3.63) is 102 Å². The van der Waals surface area contributed by atoms with Crippen LogP contribution in [0.2, 0.25) is 10.0 Å². The highest BCUT2D eigenvalue weighted by Gasteiger charge is 2.35. The van der Waals surface area contributed by atoms with Gasteiger partial charge < -0.3 is 29.1 Å². The molecule has 0 bridgehead atoms. The molecule has 14 nitrogen and oxygen atoms in total. The van der Waals surface area contributed by atoms with Gasteiger partial charge in [-0.3, -0.25) is 28.3 Å². The van der Waals surface area contributed by atoms with Gasteiger partial charge in [0.1, 0.15) is 11.6 Å². The van der Waals surface area contributed by atoms with Crippen molar-refractivity contribution < 1.29 is 27.8 Å². The van der Waals surface area contributed by atoms with Crippen LogP contribution in [0.4, 0.5) is 31.8 Å². The van der Waals surface area contributed by atoms with E-state index in [1.54, 1.807) is 31.7 Å². The number of ether oxygens (including phenoxy) is 2. The lowest BCUT2D eigenvalue weighted by molar-refractivity contribution is -0.119. The Hall–Kier alpha value is -4.90. The minimum atomic E-state index is -0.905. The Kier molecular flexibility index (Phi) is 12.2. The van der Waals surface area contributed by atoms with E-state index in [4.69, 9.17) is 32.7 Å². The third-order valence-corrected chi connectivity index (χ3v) is 11.7. The number of carbonyl (C=O) groups is 2. The maximum atomic E-state index is 14.6. The molecule has 0 radical (unpaired) electrons. The summed E-state index contributed by atoms with van der Waals surface area (Å²) in [5, 5.41) is 1.26. The zero-order valence-electron chi connectivity index (χ0n) is 32.6. The average molecular weight is 842 g/mol. The molecule has 8 rings (SSSR count). The topological polar surface area (TPSA) is 135 Å². The van der Waals surface area contributed by atoms with Gasteiger partial charge in [0, 0.05) is 73.8 Å². The van der Waals surface area contributed by atoms with Crippen molar-refractivity contribution in [1.82, 2.24) is 19.1 Å². The summed E-state index contributed by atoms with van der Waals surface area (Å²) in [6.45, 7) is 7.43. The zero-order valence-corrected chi connectivity index (χ0v) is 34.2. The van der Waals surface area contributed by atoms with Crippen molar-refractivity contribution in [1.29, 1.82) is 0 Å². The lowest BCUT2D eigenvalue weighted by Gasteiger charge is -2.28. The van der Waals surface area contributed by atoms with Crippen LogP contribution in [0, 0.1) is 11.6 Å². The Morgan fingerprint density at radius 1 is 0.672 bits per heavy atom. The number of halogens is 4. The quantitative estimate of drug-likeness (QED) is 0.282. The number of amides is 2. The van der Waals surface area contributed by atoms with E-state index in [0.29, 0.717) is 75.5 Å². The van der Waals surface area contributed by atoms with Gasteiger partial charge in [0.05, 0.1) is 39.3 Å². The minimum Gasteiger partial charge on any atom is -0.378 e. The largest absolute Gasteiger partial charge is 0.378 e. The predicted octanol–water partition coefficient (Wildman–Crippen LogP) is 3.86. The van der Waals surface area contributed by atoms with Gasteiger partial charge in [0.15, 0.2) is 11.6 Å². The van der Waals surface area contributed by atoms with Crippen LogP contribution in [0.3, 0.4) is 0 Å². The van der Waals surface area contributed by atoms with Gasteiger partial charge in [-0.05, 0) is 62.1 Å². The molecule has 18 heteroatoms. The minimum absolute atomic E-state index is 0.0166. The highest BCUT2D eigenvalue weighted by atomic mass is 35.5. The lowest BCUT2D eigenvalue weighted by atomic mass is 10.1. The molecule has 4 aliphatic heterocycles. The van der Waals surface area contributed by atoms with Crippen LogP contribution in [-0.4, -0.2) is 95.6 Å². The average Bonchev–Trinajstić information content (AvgIpc) is 3.76. The molecule has 0 N–H and O–H groups in total. The van der Waals surface area contributed by atoms with Crippen molar-refractivity contribution in [3.8, 4) is 0 Å². The van der Waals surface area contributed by atoms with Crippen molar-refractivity contribution >= 4 is 58.0 Å². The van der Waals surface area contributed by atoms with Crippen molar-refractivity contribution in [2.45, 2.75) is 51.6 Å². The second-order valence-corrected chi connectivity index (χ2v) is 15.5. The number of hydrogen-bond acceptors (Lipinski definition) is 10. The number of benzene rings is 2. The molecule has 0 spiro atoms. The fourth-order valence-corrected chi connectivity index (χ4v) is 8.39. The molecule has 0 aliphatic carbocycles. The summed E-state index contributed by atoms with van der Waals surface area (Å²) in [4.78, 5) is 66.5. The molecular weight excluding hydrogens is 797 g/mol. The van der Waals surface area contributed by atoms with Gasteiger partial charge in [-0.25, -0.2) is 9.97 Å². The molecule has 2 aromatic carbocycles. The third-order valence-electron chi connectivity index (χ3n) is 11.0. The van der Waals surface area contributed by atoms with Crippen LogP contribution in [0.5, 0.6) is 0 Å². The number of aromatic nitrogens is 4. The fraction of sp³-hybridized carbons (Fsp3) is 0.450. The van der Waals surface area contributed by atoms with Crippen LogP contribution in [0.1, 0.15) is 36.6 Å². The Labute approximate surface area is 343 Å². The van der Waals surface area contributed by atoms with E-state index in [1.165, 1.54) is 14.1 Å². The SMILES string of the molecule is CC1Cc2c(Cl)cccc2N1C(=O)Cc1nc(N2CCOCC2)c(F)c(=O)n1C.CC1Cc2c(Cl)cccc2N1C(=O)Cc1nc(N2CCOCC2)c(F)c(=O)n1C. The van der Waals surface area contributed by atoms with E-state index in [0.717, 1.165) is 31.6 Å². The molecule has 6 heterocycles. The number of rotatable bonds is 6. The van der Waals surface area contributed by atoms with E-state index in [-0.39, 0.29) is 60.0 Å². The maximum absolute atomic E-state index is 14.6. The molecule has 4 aromatic rings. The molecule has 2 fully saturated rings. The highest BCUT2D eigenvalue weighted by Crippen LogP contribution is 2.38. The third kappa shape index (κ3) is 7.94. The standard InChI is InChI=1S/2C20H22ClFN4O3/c2*1-12-10-13-14(21)4-3-5-15(13)26(12)17(27)11-16-23-19(18(22)20(28)24(16)2)25-6-8-29-9-7-25/h2*3-5,12H,6-11H2,1-2H3. The first-order valence-corrected chi connectivity index (χ1v) is 19.9. The smallest absolute Gasteiger partial charge is 0.291 e. The second-order valence-electron chi connectivity index (χ2n) is 14.7. The fourth-order valence-electron chi connectivity index (χ4n) is 7.90. The first-order valence-electron chi connectivity index (χ1n) is 19.1. The molecule has 2 saturated heterocycles. The van der Waals surface area contributed by atoms with Crippen LogP contribution in [0.15, 0.2) is 46.0 Å². The van der Waals surface area contributed by atoms with Gasteiger partial charge in [-0.2, -0.15) is 8.78 Å². The number of fused-ring (bicyclic) bond motifs is 2. The Morgan fingerprint density at radius 3 is 1.40 bits per heavy atom.